The summed E-state index contributed by atoms with van der Waals surface area (Å²) in [5, 5.41) is 6.10. The first-order valence-electron chi connectivity index (χ1n) is 14.8. The SMILES string of the molecule is CCCCCCCCN(C(=O)C(CS)NC(=O)OC(C)(C)C)C(C(=O)Nc1c(C)cccc1Cl)c1cc(C)ccc1C. The molecule has 0 aliphatic heterocycles. The second-order valence-corrected chi connectivity index (χ2v) is 12.6. The van der Waals surface area contributed by atoms with E-state index < -0.39 is 29.7 Å². The lowest BCUT2D eigenvalue weighted by molar-refractivity contribution is -0.140. The van der Waals surface area contributed by atoms with E-state index in [0.29, 0.717) is 29.2 Å². The third kappa shape index (κ3) is 10.8. The van der Waals surface area contributed by atoms with Gasteiger partial charge in [-0.2, -0.15) is 12.6 Å². The highest BCUT2D eigenvalue weighted by Gasteiger charge is 2.36. The average molecular weight is 618 g/mol. The molecule has 232 valence electrons. The molecule has 0 radical (unpaired) electrons. The summed E-state index contributed by atoms with van der Waals surface area (Å²) in [4.78, 5) is 42.7. The zero-order valence-corrected chi connectivity index (χ0v) is 27.8. The van der Waals surface area contributed by atoms with Crippen molar-refractivity contribution in [2.45, 2.75) is 105 Å². The van der Waals surface area contributed by atoms with Gasteiger partial charge < -0.3 is 20.3 Å². The van der Waals surface area contributed by atoms with Crippen molar-refractivity contribution >= 4 is 47.8 Å². The zero-order chi connectivity index (χ0) is 31.4. The Kier molecular flexibility index (Phi) is 14.2. The van der Waals surface area contributed by atoms with Crippen molar-refractivity contribution in [3.8, 4) is 0 Å². The van der Waals surface area contributed by atoms with Crippen molar-refractivity contribution in [1.82, 2.24) is 10.2 Å². The third-order valence-corrected chi connectivity index (χ3v) is 7.65. The molecular weight excluding hydrogens is 570 g/mol. The van der Waals surface area contributed by atoms with Crippen LogP contribution in [0.15, 0.2) is 36.4 Å². The minimum absolute atomic E-state index is 0.0375. The highest BCUT2D eigenvalue weighted by atomic mass is 35.5. The molecule has 0 heterocycles. The second kappa shape index (κ2) is 16.8. The van der Waals surface area contributed by atoms with E-state index in [1.165, 1.54) is 0 Å². The van der Waals surface area contributed by atoms with Crippen LogP contribution in [0.5, 0.6) is 0 Å². The third-order valence-electron chi connectivity index (χ3n) is 6.97. The summed E-state index contributed by atoms with van der Waals surface area (Å²) >= 11 is 10.9. The van der Waals surface area contributed by atoms with Gasteiger partial charge >= 0.3 is 6.09 Å². The Balaban J connectivity index is 2.55. The van der Waals surface area contributed by atoms with Gasteiger partial charge in [0, 0.05) is 12.3 Å². The van der Waals surface area contributed by atoms with Crippen LogP contribution >= 0.6 is 24.2 Å². The molecule has 7 nitrogen and oxygen atoms in total. The van der Waals surface area contributed by atoms with Crippen molar-refractivity contribution in [2.24, 2.45) is 0 Å². The van der Waals surface area contributed by atoms with Gasteiger partial charge in [0.2, 0.25) is 5.91 Å². The van der Waals surface area contributed by atoms with Crippen LogP contribution in [-0.4, -0.2) is 46.7 Å². The van der Waals surface area contributed by atoms with E-state index in [4.69, 9.17) is 16.3 Å². The first-order chi connectivity index (χ1) is 19.8. The Hall–Kier alpha value is -2.71. The molecule has 9 heteroatoms. The van der Waals surface area contributed by atoms with Crippen LogP contribution in [-0.2, 0) is 14.3 Å². The fourth-order valence-corrected chi connectivity index (χ4v) is 5.27. The number of amides is 3. The lowest BCUT2D eigenvalue weighted by atomic mass is 9.95. The Morgan fingerprint density at radius 3 is 2.26 bits per heavy atom. The minimum Gasteiger partial charge on any atom is -0.444 e. The van der Waals surface area contributed by atoms with Crippen molar-refractivity contribution in [1.29, 1.82) is 0 Å². The molecule has 2 unspecified atom stereocenters. The molecule has 0 saturated heterocycles. The van der Waals surface area contributed by atoms with Gasteiger partial charge in [-0.05, 0) is 70.7 Å². The molecule has 2 atom stereocenters. The summed E-state index contributed by atoms with van der Waals surface area (Å²) in [5.74, 6) is -0.744. The summed E-state index contributed by atoms with van der Waals surface area (Å²) in [5.41, 5.74) is 3.13. The molecule has 0 fully saturated rings. The van der Waals surface area contributed by atoms with Gasteiger partial charge in [0.05, 0.1) is 10.7 Å². The number of aryl methyl sites for hydroxylation is 3. The van der Waals surface area contributed by atoms with E-state index in [2.05, 4.69) is 30.2 Å². The molecule has 3 amide bonds. The summed E-state index contributed by atoms with van der Waals surface area (Å²) < 4.78 is 5.42. The Morgan fingerprint density at radius 1 is 0.976 bits per heavy atom. The van der Waals surface area contributed by atoms with Crippen LogP contribution in [0.3, 0.4) is 0 Å². The number of nitrogens with zero attached hydrogens (tertiary/aromatic N) is 1. The van der Waals surface area contributed by atoms with E-state index in [9.17, 15) is 14.4 Å². The Morgan fingerprint density at radius 2 is 1.64 bits per heavy atom. The number of thiol groups is 1. The molecule has 42 heavy (non-hydrogen) atoms. The fraction of sp³-hybridized carbons (Fsp3) is 0.545. The number of unbranched alkanes of at least 4 members (excludes halogenated alkanes) is 5. The molecule has 0 aromatic heterocycles. The van der Waals surface area contributed by atoms with Crippen molar-refractivity contribution in [3.63, 3.8) is 0 Å². The van der Waals surface area contributed by atoms with Crippen LogP contribution in [0.2, 0.25) is 5.02 Å². The van der Waals surface area contributed by atoms with Gasteiger partial charge in [0.15, 0.2) is 0 Å². The summed E-state index contributed by atoms with van der Waals surface area (Å²) in [7, 11) is 0. The molecule has 0 spiro atoms. The van der Waals surface area contributed by atoms with Gasteiger partial charge in [-0.1, -0.05) is 86.5 Å². The van der Waals surface area contributed by atoms with Crippen LogP contribution in [0, 0.1) is 20.8 Å². The maximum Gasteiger partial charge on any atom is 0.408 e. The number of rotatable bonds is 14. The van der Waals surface area contributed by atoms with Crippen LogP contribution in [0.25, 0.3) is 0 Å². The van der Waals surface area contributed by atoms with Gasteiger partial charge in [0.25, 0.3) is 5.91 Å². The second-order valence-electron chi connectivity index (χ2n) is 11.9. The van der Waals surface area contributed by atoms with E-state index in [1.807, 2.05) is 51.1 Å². The smallest absolute Gasteiger partial charge is 0.408 e. The summed E-state index contributed by atoms with van der Waals surface area (Å²) in [6.45, 7) is 13.5. The molecule has 0 aliphatic rings. The Bertz CT molecular complexity index is 1190. The highest BCUT2D eigenvalue weighted by molar-refractivity contribution is 7.80. The topological polar surface area (TPSA) is 87.7 Å². The number of para-hydroxylation sites is 1. The maximum atomic E-state index is 14.2. The van der Waals surface area contributed by atoms with E-state index in [0.717, 1.165) is 48.8 Å². The van der Waals surface area contributed by atoms with E-state index in [-0.39, 0.29) is 11.7 Å². The van der Waals surface area contributed by atoms with Gasteiger partial charge in [0.1, 0.15) is 17.7 Å². The summed E-state index contributed by atoms with van der Waals surface area (Å²) in [6.07, 6.45) is 5.38. The number of hydrogen-bond acceptors (Lipinski definition) is 5. The normalized spacial score (nSPS) is 12.8. The molecule has 2 rings (SSSR count). The number of nitrogens with one attached hydrogen (secondary N) is 2. The quantitative estimate of drug-likeness (QED) is 0.148. The molecule has 2 aromatic carbocycles. The van der Waals surface area contributed by atoms with Gasteiger partial charge in [-0.15, -0.1) is 0 Å². The Labute approximate surface area is 262 Å². The van der Waals surface area contributed by atoms with Crippen LogP contribution in [0.1, 0.15) is 94.5 Å². The predicted octanol–water partition coefficient (Wildman–Crippen LogP) is 7.96. The first kappa shape index (κ1) is 35.5. The number of halogens is 1. The molecule has 0 aliphatic carbocycles. The molecule has 2 N–H and O–H groups in total. The van der Waals surface area contributed by atoms with Gasteiger partial charge in [-0.25, -0.2) is 4.79 Å². The number of ether oxygens (including phenoxy) is 1. The fourth-order valence-electron chi connectivity index (χ4n) is 4.75. The lowest BCUT2D eigenvalue weighted by Gasteiger charge is -2.35. The highest BCUT2D eigenvalue weighted by Crippen LogP contribution is 2.31. The number of hydrogen-bond donors (Lipinski definition) is 3. The summed E-state index contributed by atoms with van der Waals surface area (Å²) in [6, 6.07) is 9.33. The van der Waals surface area contributed by atoms with Crippen LogP contribution in [0.4, 0.5) is 10.5 Å². The van der Waals surface area contributed by atoms with Crippen molar-refractivity contribution in [2.75, 3.05) is 17.6 Å². The van der Waals surface area contributed by atoms with Gasteiger partial charge in [-0.3, -0.25) is 9.59 Å². The number of benzene rings is 2. The lowest BCUT2D eigenvalue weighted by Crippen LogP contribution is -2.53. The van der Waals surface area contributed by atoms with Crippen LogP contribution < -0.4 is 10.6 Å². The van der Waals surface area contributed by atoms with Crippen molar-refractivity contribution in [3.05, 3.63) is 63.7 Å². The average Bonchev–Trinajstić information content (AvgIpc) is 2.91. The van der Waals surface area contributed by atoms with E-state index >= 15 is 0 Å². The molecule has 2 aromatic rings. The van der Waals surface area contributed by atoms with E-state index in [1.54, 1.807) is 31.7 Å². The number of anilines is 1. The number of carbonyl (C=O) groups is 3. The van der Waals surface area contributed by atoms with Crippen molar-refractivity contribution < 1.29 is 19.1 Å². The predicted molar refractivity (Wildman–Crippen MR) is 176 cm³/mol. The molecule has 0 bridgehead atoms. The maximum absolute atomic E-state index is 14.2. The molecule has 0 saturated carbocycles. The number of carbonyl (C=O) groups excluding carboxylic acids is 3. The monoisotopic (exact) mass is 617 g/mol. The first-order valence-corrected chi connectivity index (χ1v) is 15.8. The minimum atomic E-state index is -0.995. The zero-order valence-electron chi connectivity index (χ0n) is 26.2. The largest absolute Gasteiger partial charge is 0.444 e. The molecular formula is C33H48ClN3O4S. The standard InChI is InChI=1S/C33H48ClN3O4S/c1-8-9-10-11-12-13-19-37(31(39)27(21-42)35-32(40)41-33(5,6)7)29(25-20-22(2)17-18-23(25)3)30(38)36-28-24(4)15-14-16-26(28)34/h14-18,20,27,29,42H,8-13,19,21H2,1-7H3,(H,35,40)(H,36,38). The number of alkyl carbamates (subject to hydrolysis) is 1.